The zero-order chi connectivity index (χ0) is 38.3. The van der Waals surface area contributed by atoms with Crippen LogP contribution >= 0.6 is 0 Å². The van der Waals surface area contributed by atoms with Crippen molar-refractivity contribution in [2.24, 2.45) is 15.9 Å². The van der Waals surface area contributed by atoms with E-state index in [2.05, 4.69) is 169 Å². The summed E-state index contributed by atoms with van der Waals surface area (Å²) < 4.78 is 15.5. The van der Waals surface area contributed by atoms with E-state index in [0.717, 1.165) is 95.1 Å². The first kappa shape index (κ1) is 32.7. The SMILES string of the molecule is CC1C/C=C(c2ccc3oc4ccccc4c3c2)/N=C(c2ccc(-n3c4ccccc4c4cc5ccccc5cc43)c3oc4ccccc4c23)\N=C/1c1ccccc1. The highest BCUT2D eigenvalue weighted by atomic mass is 16.3. The van der Waals surface area contributed by atoms with Gasteiger partial charge in [-0.2, -0.15) is 0 Å². The Morgan fingerprint density at radius 2 is 1.21 bits per heavy atom. The number of nitrogens with zero attached hydrogens (tertiary/aromatic N) is 3. The first-order chi connectivity index (χ1) is 28.7. The highest BCUT2D eigenvalue weighted by Gasteiger charge is 2.25. The maximum Gasteiger partial charge on any atom is 0.160 e. The van der Waals surface area contributed by atoms with Crippen LogP contribution in [0.4, 0.5) is 0 Å². The van der Waals surface area contributed by atoms with E-state index in [9.17, 15) is 0 Å². The molecule has 274 valence electrons. The molecule has 0 saturated heterocycles. The monoisotopic (exact) mass is 745 g/mol. The van der Waals surface area contributed by atoms with Gasteiger partial charge in [-0.1, -0.05) is 122 Å². The van der Waals surface area contributed by atoms with Gasteiger partial charge in [0.15, 0.2) is 11.4 Å². The van der Waals surface area contributed by atoms with Crippen LogP contribution in [-0.4, -0.2) is 16.1 Å². The quantitative estimate of drug-likeness (QED) is 0.180. The third-order valence-corrected chi connectivity index (χ3v) is 11.9. The van der Waals surface area contributed by atoms with Crippen molar-refractivity contribution in [1.29, 1.82) is 0 Å². The molecule has 1 unspecified atom stereocenters. The van der Waals surface area contributed by atoms with Gasteiger partial charge in [0.2, 0.25) is 0 Å². The molecule has 4 heterocycles. The van der Waals surface area contributed by atoms with E-state index in [1.165, 1.54) is 21.5 Å². The van der Waals surface area contributed by atoms with Crippen LogP contribution in [0.3, 0.4) is 0 Å². The van der Waals surface area contributed by atoms with E-state index in [0.29, 0.717) is 5.84 Å². The number of allylic oxidation sites excluding steroid dienone is 1. The number of rotatable bonds is 4. The van der Waals surface area contributed by atoms with E-state index >= 15 is 0 Å². The minimum atomic E-state index is 0.129. The summed E-state index contributed by atoms with van der Waals surface area (Å²) in [4.78, 5) is 11.1. The van der Waals surface area contributed by atoms with Gasteiger partial charge in [-0.15, -0.1) is 0 Å². The van der Waals surface area contributed by atoms with E-state index in [-0.39, 0.29) is 5.92 Å². The van der Waals surface area contributed by atoms with Crippen LogP contribution in [0.2, 0.25) is 0 Å². The molecular formula is C53H35N3O2. The van der Waals surface area contributed by atoms with Crippen molar-refractivity contribution in [3.63, 3.8) is 0 Å². The summed E-state index contributed by atoms with van der Waals surface area (Å²) in [5.41, 5.74) is 11.5. The van der Waals surface area contributed by atoms with Gasteiger partial charge in [-0.3, -0.25) is 0 Å². The number of amidine groups is 1. The maximum atomic E-state index is 6.96. The number of hydrogen-bond donors (Lipinski definition) is 0. The minimum Gasteiger partial charge on any atom is -0.456 e. The number of hydrogen-bond acceptors (Lipinski definition) is 4. The Morgan fingerprint density at radius 3 is 2.05 bits per heavy atom. The number of aliphatic imine (C=N–C) groups is 2. The van der Waals surface area contributed by atoms with Crippen LogP contribution in [0.25, 0.3) is 87.8 Å². The molecule has 58 heavy (non-hydrogen) atoms. The van der Waals surface area contributed by atoms with Crippen LogP contribution in [-0.2, 0) is 0 Å². The highest BCUT2D eigenvalue weighted by Crippen LogP contribution is 2.42. The molecule has 3 aromatic heterocycles. The Bertz CT molecular complexity index is 3560. The molecule has 0 amide bonds. The summed E-state index contributed by atoms with van der Waals surface area (Å²) in [5, 5.41) is 8.98. The van der Waals surface area contributed by atoms with E-state index < -0.39 is 0 Å². The average molecular weight is 746 g/mol. The highest BCUT2D eigenvalue weighted by molar-refractivity contribution is 6.24. The molecular weight excluding hydrogens is 711 g/mol. The van der Waals surface area contributed by atoms with Gasteiger partial charge >= 0.3 is 0 Å². The Morgan fingerprint density at radius 1 is 0.517 bits per heavy atom. The van der Waals surface area contributed by atoms with Crippen LogP contribution in [0, 0.1) is 5.92 Å². The lowest BCUT2D eigenvalue weighted by molar-refractivity contribution is 0.666. The molecule has 12 rings (SSSR count). The topological polar surface area (TPSA) is 55.9 Å². The zero-order valence-electron chi connectivity index (χ0n) is 31.7. The first-order valence-corrected chi connectivity index (χ1v) is 19.9. The number of benzene rings is 8. The molecule has 0 saturated carbocycles. The van der Waals surface area contributed by atoms with Crippen LogP contribution < -0.4 is 0 Å². The summed E-state index contributed by atoms with van der Waals surface area (Å²) in [6.07, 6.45) is 3.06. The largest absolute Gasteiger partial charge is 0.456 e. The normalized spacial score (nSPS) is 17.7. The molecule has 0 spiro atoms. The lowest BCUT2D eigenvalue weighted by Gasteiger charge is -2.19. The van der Waals surface area contributed by atoms with E-state index in [4.69, 9.17) is 18.8 Å². The number of furan rings is 2. The van der Waals surface area contributed by atoms with E-state index in [1.54, 1.807) is 0 Å². The molecule has 1 aliphatic heterocycles. The fourth-order valence-corrected chi connectivity index (χ4v) is 9.05. The minimum absolute atomic E-state index is 0.129. The van der Waals surface area contributed by atoms with Crippen molar-refractivity contribution < 1.29 is 8.83 Å². The average Bonchev–Trinajstić information content (AvgIpc) is 3.94. The fraction of sp³-hybridized carbons (Fsp3) is 0.0566. The fourth-order valence-electron chi connectivity index (χ4n) is 9.05. The third-order valence-electron chi connectivity index (χ3n) is 11.9. The van der Waals surface area contributed by atoms with Crippen molar-refractivity contribution in [2.45, 2.75) is 13.3 Å². The summed E-state index contributed by atoms with van der Waals surface area (Å²) in [6.45, 7) is 2.26. The van der Waals surface area contributed by atoms with Gasteiger partial charge < -0.3 is 13.4 Å². The molecule has 5 heteroatoms. The molecule has 0 radical (unpaired) electrons. The summed E-state index contributed by atoms with van der Waals surface area (Å²) >= 11 is 0. The third kappa shape index (κ3) is 5.03. The second-order valence-electron chi connectivity index (χ2n) is 15.3. The van der Waals surface area contributed by atoms with Crippen molar-refractivity contribution in [3.05, 3.63) is 193 Å². The van der Waals surface area contributed by atoms with Gasteiger partial charge in [0.1, 0.15) is 16.7 Å². The smallest absolute Gasteiger partial charge is 0.160 e. The Labute approximate surface area is 333 Å². The first-order valence-electron chi connectivity index (χ1n) is 19.9. The van der Waals surface area contributed by atoms with Crippen molar-refractivity contribution >= 4 is 93.7 Å². The predicted octanol–water partition coefficient (Wildman–Crippen LogP) is 14.1. The standard InChI is InChI=1S/C53H35N3O2/c1-32-23-26-43(36-24-28-49-42(30-36)38-18-8-11-21-47(38)57-49)54-53(55-51(32)33-13-3-2-4-14-33)40-25-27-45(52-50(40)39-19-9-12-22-48(39)58-52)56-44-20-10-7-17-37(44)41-29-34-15-5-6-16-35(34)31-46(41)56/h2-22,24-32H,23H2,1H3/b43-26+,54-53-,55-51+. The second-order valence-corrected chi connectivity index (χ2v) is 15.3. The molecule has 1 atom stereocenters. The van der Waals surface area contributed by atoms with Crippen molar-refractivity contribution in [1.82, 2.24) is 4.57 Å². The second kappa shape index (κ2) is 12.8. The Hall–Kier alpha value is -7.50. The number of para-hydroxylation sites is 3. The number of aromatic nitrogens is 1. The number of fused-ring (bicyclic) bond motifs is 10. The molecule has 0 N–H and O–H groups in total. The van der Waals surface area contributed by atoms with Gasteiger partial charge in [0.25, 0.3) is 0 Å². The maximum absolute atomic E-state index is 6.96. The molecule has 1 aliphatic rings. The Balaban J connectivity index is 1.14. The van der Waals surface area contributed by atoms with Crippen molar-refractivity contribution in [2.75, 3.05) is 0 Å². The lowest BCUT2D eigenvalue weighted by atomic mass is 9.93. The zero-order valence-corrected chi connectivity index (χ0v) is 31.7. The summed E-state index contributed by atoms with van der Waals surface area (Å²) in [7, 11) is 0. The summed E-state index contributed by atoms with van der Waals surface area (Å²) in [6, 6.07) is 59.7. The van der Waals surface area contributed by atoms with Crippen LogP contribution in [0.15, 0.2) is 195 Å². The molecule has 8 aromatic carbocycles. The molecule has 5 nitrogen and oxygen atoms in total. The van der Waals surface area contributed by atoms with Gasteiger partial charge in [0, 0.05) is 49.4 Å². The molecule has 0 bridgehead atoms. The molecule has 11 aromatic rings. The van der Waals surface area contributed by atoms with Crippen LogP contribution in [0.1, 0.15) is 30.0 Å². The lowest BCUT2D eigenvalue weighted by Crippen LogP contribution is -2.17. The molecule has 0 fully saturated rings. The van der Waals surface area contributed by atoms with Gasteiger partial charge in [0.05, 0.1) is 28.1 Å². The summed E-state index contributed by atoms with van der Waals surface area (Å²) in [5.74, 6) is 0.773. The van der Waals surface area contributed by atoms with Gasteiger partial charge in [-0.25, -0.2) is 9.98 Å². The Kier molecular flexibility index (Phi) is 7.20. The van der Waals surface area contributed by atoms with E-state index in [1.807, 2.05) is 18.2 Å². The van der Waals surface area contributed by atoms with Crippen molar-refractivity contribution in [3.8, 4) is 5.69 Å². The predicted molar refractivity (Wildman–Crippen MR) is 241 cm³/mol. The van der Waals surface area contributed by atoms with Crippen LogP contribution in [0.5, 0.6) is 0 Å². The van der Waals surface area contributed by atoms with Gasteiger partial charge in [-0.05, 0) is 83.4 Å². The molecule has 0 aliphatic carbocycles.